The third-order valence-electron chi connectivity index (χ3n) is 7.31. The fraction of sp³-hybridized carbons (Fsp3) is 0.385. The second-order valence-corrected chi connectivity index (χ2v) is 11.5. The summed E-state index contributed by atoms with van der Waals surface area (Å²) in [6, 6.07) is 8.22. The molecule has 2 aromatic rings. The van der Waals surface area contributed by atoms with Gasteiger partial charge in [-0.05, 0) is 87.0 Å². The summed E-state index contributed by atoms with van der Waals surface area (Å²) in [7, 11) is 0. The predicted octanol–water partition coefficient (Wildman–Crippen LogP) is 4.11. The number of fused-ring (bicyclic) bond motifs is 1. The molecule has 5 rings (SSSR count). The second kappa shape index (κ2) is 10.6. The number of ketones is 1. The van der Waals surface area contributed by atoms with Crippen LogP contribution in [0.4, 0.5) is 16.2 Å². The standard InChI is InChI=1S/C26H26Br2N4O6/c27-19-8-13(9-20(28)23(19)29)24(35)17-10-18(17)25(36)31-5-3-15(4-6-31)32-11-14-7-16(38-12-22(33)34)1-2-21(14)30-26(32)37/h1-2,7-9,15,17-18H,3-6,10-12,29H2,(H,30,37)(H,33,34)/t17-,18-/m1/s1. The molecule has 0 unspecified atom stereocenters. The maximum Gasteiger partial charge on any atom is 0.341 e. The Labute approximate surface area is 235 Å². The van der Waals surface area contributed by atoms with Gasteiger partial charge in [0.05, 0.1) is 5.69 Å². The topological polar surface area (TPSA) is 142 Å². The fourth-order valence-corrected chi connectivity index (χ4v) is 6.31. The molecule has 200 valence electrons. The molecule has 3 aliphatic rings. The number of halogens is 2. The molecule has 38 heavy (non-hydrogen) atoms. The van der Waals surface area contributed by atoms with Crippen LogP contribution in [-0.4, -0.2) is 64.3 Å². The minimum absolute atomic E-state index is 0.0101. The first-order chi connectivity index (χ1) is 18.1. The summed E-state index contributed by atoms with van der Waals surface area (Å²) >= 11 is 6.73. The molecule has 0 aromatic heterocycles. The van der Waals surface area contributed by atoms with Crippen molar-refractivity contribution in [3.63, 3.8) is 0 Å². The molecule has 2 aliphatic heterocycles. The summed E-state index contributed by atoms with van der Waals surface area (Å²) in [6.07, 6.45) is 1.80. The van der Waals surface area contributed by atoms with Gasteiger partial charge < -0.3 is 30.7 Å². The summed E-state index contributed by atoms with van der Waals surface area (Å²) in [4.78, 5) is 53.2. The van der Waals surface area contributed by atoms with E-state index in [9.17, 15) is 19.2 Å². The van der Waals surface area contributed by atoms with Crippen molar-refractivity contribution in [2.45, 2.75) is 31.8 Å². The molecule has 10 nitrogen and oxygen atoms in total. The number of aliphatic carboxylic acids is 1. The second-order valence-electron chi connectivity index (χ2n) is 9.78. The first kappa shape index (κ1) is 26.5. The van der Waals surface area contributed by atoms with Crippen molar-refractivity contribution in [2.75, 3.05) is 30.7 Å². The van der Waals surface area contributed by atoms with E-state index in [1.165, 1.54) is 0 Å². The Morgan fingerprint density at radius 3 is 2.42 bits per heavy atom. The first-order valence-corrected chi connectivity index (χ1v) is 13.8. The summed E-state index contributed by atoms with van der Waals surface area (Å²) in [6.45, 7) is 0.955. The number of piperidine rings is 1. The smallest absolute Gasteiger partial charge is 0.341 e. The molecule has 12 heteroatoms. The Hall–Kier alpha value is -3.12. The average Bonchev–Trinajstić information content (AvgIpc) is 3.70. The number of carbonyl (C=O) groups is 4. The van der Waals surface area contributed by atoms with Crippen molar-refractivity contribution < 1.29 is 29.0 Å². The van der Waals surface area contributed by atoms with Crippen LogP contribution in [0, 0.1) is 11.8 Å². The molecule has 0 spiro atoms. The van der Waals surface area contributed by atoms with Crippen LogP contribution in [0.5, 0.6) is 5.75 Å². The van der Waals surface area contributed by atoms with Gasteiger partial charge in [0.25, 0.3) is 0 Å². The zero-order valence-electron chi connectivity index (χ0n) is 20.3. The monoisotopic (exact) mass is 648 g/mol. The Morgan fingerprint density at radius 2 is 1.76 bits per heavy atom. The first-order valence-electron chi connectivity index (χ1n) is 12.2. The highest BCUT2D eigenvalue weighted by molar-refractivity contribution is 9.11. The Kier molecular flexibility index (Phi) is 7.36. The molecule has 1 saturated carbocycles. The van der Waals surface area contributed by atoms with Crippen molar-refractivity contribution in [1.82, 2.24) is 9.80 Å². The number of nitrogens with two attached hydrogens (primary N) is 1. The molecular formula is C26H26Br2N4O6. The van der Waals surface area contributed by atoms with Gasteiger partial charge in [-0.3, -0.25) is 9.59 Å². The van der Waals surface area contributed by atoms with Crippen LogP contribution in [0.3, 0.4) is 0 Å². The van der Waals surface area contributed by atoms with Gasteiger partial charge >= 0.3 is 12.0 Å². The molecule has 1 saturated heterocycles. The summed E-state index contributed by atoms with van der Waals surface area (Å²) in [5.41, 5.74) is 8.47. The van der Waals surface area contributed by atoms with E-state index in [-0.39, 0.29) is 35.6 Å². The van der Waals surface area contributed by atoms with E-state index >= 15 is 0 Å². The van der Waals surface area contributed by atoms with Gasteiger partial charge in [-0.25, -0.2) is 9.59 Å². The average molecular weight is 650 g/mol. The number of nitrogens with zero attached hydrogens (tertiary/aromatic N) is 2. The third-order valence-corrected chi connectivity index (χ3v) is 8.62. The molecule has 1 aliphatic carbocycles. The number of amides is 3. The van der Waals surface area contributed by atoms with Gasteiger partial charge in [-0.15, -0.1) is 0 Å². The fourth-order valence-electron chi connectivity index (χ4n) is 5.13. The van der Waals surface area contributed by atoms with E-state index in [4.69, 9.17) is 15.6 Å². The van der Waals surface area contributed by atoms with Crippen LogP contribution in [0.2, 0.25) is 0 Å². The number of nitrogen functional groups attached to an aromatic ring is 1. The normalized spacial score (nSPS) is 20.9. The van der Waals surface area contributed by atoms with E-state index in [2.05, 4.69) is 37.2 Å². The minimum Gasteiger partial charge on any atom is -0.482 e. The van der Waals surface area contributed by atoms with Crippen LogP contribution in [-0.2, 0) is 16.1 Å². The summed E-state index contributed by atoms with van der Waals surface area (Å²) in [5.74, 6) is -1.35. The van der Waals surface area contributed by atoms with Gasteiger partial charge in [0.1, 0.15) is 5.75 Å². The number of carboxylic acid groups (broad SMARTS) is 1. The largest absolute Gasteiger partial charge is 0.482 e. The minimum atomic E-state index is -1.06. The van der Waals surface area contributed by atoms with E-state index < -0.39 is 12.6 Å². The number of rotatable bonds is 7. The van der Waals surface area contributed by atoms with Crippen molar-refractivity contribution in [3.8, 4) is 5.75 Å². The number of ether oxygens (including phenoxy) is 1. The lowest BCUT2D eigenvalue weighted by Gasteiger charge is -2.40. The highest BCUT2D eigenvalue weighted by atomic mass is 79.9. The van der Waals surface area contributed by atoms with E-state index in [1.54, 1.807) is 40.1 Å². The van der Waals surface area contributed by atoms with E-state index in [1.807, 2.05) is 0 Å². The van der Waals surface area contributed by atoms with Gasteiger partial charge in [0.2, 0.25) is 5.91 Å². The van der Waals surface area contributed by atoms with Crippen LogP contribution in [0.25, 0.3) is 0 Å². The van der Waals surface area contributed by atoms with Crippen LogP contribution >= 0.6 is 31.9 Å². The molecule has 2 heterocycles. The van der Waals surface area contributed by atoms with Crippen molar-refractivity contribution in [1.29, 1.82) is 0 Å². The van der Waals surface area contributed by atoms with Crippen molar-refractivity contribution >= 4 is 66.9 Å². The zero-order chi connectivity index (χ0) is 27.1. The van der Waals surface area contributed by atoms with Gasteiger partial charge in [-0.2, -0.15) is 0 Å². The molecular weight excluding hydrogens is 624 g/mol. The number of carboxylic acids is 1. The molecule has 4 N–H and O–H groups in total. The molecule has 2 fully saturated rings. The molecule has 0 radical (unpaired) electrons. The van der Waals surface area contributed by atoms with Gasteiger partial charge in [0, 0.05) is 57.7 Å². The summed E-state index contributed by atoms with van der Waals surface area (Å²) in [5, 5.41) is 11.7. The van der Waals surface area contributed by atoms with Gasteiger partial charge in [-0.1, -0.05) is 0 Å². The number of benzene rings is 2. The predicted molar refractivity (Wildman–Crippen MR) is 146 cm³/mol. The highest BCUT2D eigenvalue weighted by Crippen LogP contribution is 2.44. The lowest BCUT2D eigenvalue weighted by Crippen LogP contribution is -2.51. The van der Waals surface area contributed by atoms with Crippen LogP contribution in [0.1, 0.15) is 35.2 Å². The Balaban J connectivity index is 1.16. The number of nitrogens with one attached hydrogen (secondary N) is 1. The number of hydrogen-bond donors (Lipinski definition) is 3. The van der Waals surface area contributed by atoms with E-state index in [0.717, 1.165) is 5.56 Å². The zero-order valence-corrected chi connectivity index (χ0v) is 23.5. The Morgan fingerprint density at radius 1 is 1.08 bits per heavy atom. The quantitative estimate of drug-likeness (QED) is 0.303. The van der Waals surface area contributed by atoms with E-state index in [0.29, 0.717) is 70.5 Å². The highest BCUT2D eigenvalue weighted by Gasteiger charge is 2.50. The molecule has 2 aromatic carbocycles. The lowest BCUT2D eigenvalue weighted by molar-refractivity contribution is -0.139. The maximum absolute atomic E-state index is 13.1. The maximum atomic E-state index is 13.1. The number of likely N-dealkylation sites (tertiary alicyclic amines) is 1. The molecule has 2 atom stereocenters. The number of anilines is 2. The van der Waals surface area contributed by atoms with Crippen LogP contribution in [0.15, 0.2) is 39.3 Å². The molecule has 0 bridgehead atoms. The van der Waals surface area contributed by atoms with Crippen LogP contribution < -0.4 is 15.8 Å². The Bertz CT molecular complexity index is 1300. The van der Waals surface area contributed by atoms with Gasteiger partial charge in [0.15, 0.2) is 12.4 Å². The number of urea groups is 1. The van der Waals surface area contributed by atoms with Crippen molar-refractivity contribution in [3.05, 3.63) is 50.4 Å². The summed E-state index contributed by atoms with van der Waals surface area (Å²) < 4.78 is 6.54. The SMILES string of the molecule is Nc1c(Br)cc(C(=O)[C@@H]2C[C@H]2C(=O)N2CCC(N3Cc4cc(OCC(=O)O)ccc4NC3=O)CC2)cc1Br. The van der Waals surface area contributed by atoms with Crippen molar-refractivity contribution in [2.24, 2.45) is 11.8 Å². The number of hydrogen-bond acceptors (Lipinski definition) is 6. The lowest BCUT2D eigenvalue weighted by atomic mass is 10.00. The number of Topliss-reactive ketones (excluding diaryl/α,β-unsaturated/α-hetero) is 1. The number of carbonyl (C=O) groups excluding carboxylic acids is 3. The third kappa shape index (κ3) is 5.37. The molecule has 3 amide bonds.